The molecule has 28 heavy (non-hydrogen) atoms. The number of pyridine rings is 1. The van der Waals surface area contributed by atoms with Gasteiger partial charge in [0, 0.05) is 12.4 Å². The van der Waals surface area contributed by atoms with Crippen molar-refractivity contribution >= 4 is 16.9 Å². The summed E-state index contributed by atoms with van der Waals surface area (Å²) in [4.78, 5) is 33.8. The van der Waals surface area contributed by atoms with E-state index in [9.17, 15) is 9.59 Å². The van der Waals surface area contributed by atoms with Crippen LogP contribution in [0.1, 0.15) is 41.6 Å². The zero-order chi connectivity index (χ0) is 19.7. The molecule has 0 radical (unpaired) electrons. The maximum Gasteiger partial charge on any atom is 0.291 e. The van der Waals surface area contributed by atoms with Crippen molar-refractivity contribution in [3.63, 3.8) is 0 Å². The van der Waals surface area contributed by atoms with E-state index in [0.29, 0.717) is 23.1 Å². The summed E-state index contributed by atoms with van der Waals surface area (Å²) in [6.45, 7) is 7.64. The molecule has 0 aliphatic carbocycles. The van der Waals surface area contributed by atoms with Gasteiger partial charge in [0.05, 0.1) is 43.2 Å². The van der Waals surface area contributed by atoms with Crippen LogP contribution in [0.2, 0.25) is 0 Å². The summed E-state index contributed by atoms with van der Waals surface area (Å²) < 4.78 is 5.93. The van der Waals surface area contributed by atoms with E-state index in [1.165, 1.54) is 4.90 Å². The summed E-state index contributed by atoms with van der Waals surface area (Å²) in [7, 11) is 0. The molecule has 4 rings (SSSR count). The highest BCUT2D eigenvalue weighted by Gasteiger charge is 2.42. The molecule has 0 bridgehead atoms. The van der Waals surface area contributed by atoms with Crippen molar-refractivity contribution in [2.75, 3.05) is 26.2 Å². The first-order valence-corrected chi connectivity index (χ1v) is 9.75. The molecular formula is C22H24N3O3+. The fourth-order valence-corrected chi connectivity index (χ4v) is 3.97. The van der Waals surface area contributed by atoms with Gasteiger partial charge >= 0.3 is 0 Å². The van der Waals surface area contributed by atoms with E-state index >= 15 is 0 Å². The van der Waals surface area contributed by atoms with Crippen LogP contribution in [0.4, 0.5) is 0 Å². The summed E-state index contributed by atoms with van der Waals surface area (Å²) in [5.41, 5.74) is 1.62. The zero-order valence-corrected chi connectivity index (χ0v) is 16.1. The Kier molecular flexibility index (Phi) is 4.96. The SMILES string of the molecule is CC[NH+](CC)CCN1C(=O)c2oc3ccccc3c(=O)c2[C@@H]1c1ccncc1. The Balaban J connectivity index is 1.85. The van der Waals surface area contributed by atoms with Gasteiger partial charge in [-0.3, -0.25) is 14.6 Å². The Morgan fingerprint density at radius 1 is 1.07 bits per heavy atom. The highest BCUT2D eigenvalue weighted by molar-refractivity contribution is 5.99. The smallest absolute Gasteiger partial charge is 0.291 e. The molecule has 0 unspecified atom stereocenters. The second-order valence-corrected chi connectivity index (χ2v) is 7.06. The first-order valence-electron chi connectivity index (χ1n) is 9.75. The van der Waals surface area contributed by atoms with E-state index in [2.05, 4.69) is 18.8 Å². The fourth-order valence-electron chi connectivity index (χ4n) is 3.97. The molecule has 0 saturated heterocycles. The number of fused-ring (bicyclic) bond motifs is 2. The molecule has 0 spiro atoms. The van der Waals surface area contributed by atoms with Crippen LogP contribution < -0.4 is 10.3 Å². The Morgan fingerprint density at radius 3 is 2.50 bits per heavy atom. The van der Waals surface area contributed by atoms with E-state index in [1.54, 1.807) is 35.5 Å². The van der Waals surface area contributed by atoms with Crippen LogP contribution in [0.3, 0.4) is 0 Å². The van der Waals surface area contributed by atoms with Crippen LogP contribution in [0.15, 0.2) is 58.0 Å². The summed E-state index contributed by atoms with van der Waals surface area (Å²) in [6, 6.07) is 10.4. The Hall–Kier alpha value is -2.99. The lowest BCUT2D eigenvalue weighted by molar-refractivity contribution is -0.895. The normalized spacial score (nSPS) is 16.2. The summed E-state index contributed by atoms with van der Waals surface area (Å²) in [6.07, 6.45) is 3.38. The summed E-state index contributed by atoms with van der Waals surface area (Å²) >= 11 is 0. The molecule has 3 heterocycles. The molecule has 1 aliphatic rings. The van der Waals surface area contributed by atoms with Crippen molar-refractivity contribution in [1.82, 2.24) is 9.88 Å². The van der Waals surface area contributed by atoms with Gasteiger partial charge in [-0.25, -0.2) is 0 Å². The number of likely N-dealkylation sites (N-methyl/N-ethyl adjacent to an activating group) is 1. The monoisotopic (exact) mass is 378 g/mol. The van der Waals surface area contributed by atoms with Crippen LogP contribution in [-0.2, 0) is 0 Å². The van der Waals surface area contributed by atoms with Gasteiger partial charge in [0.25, 0.3) is 5.91 Å². The minimum atomic E-state index is -0.443. The molecule has 144 valence electrons. The molecule has 2 aromatic heterocycles. The van der Waals surface area contributed by atoms with Crippen LogP contribution in [-0.4, -0.2) is 42.0 Å². The number of nitrogens with one attached hydrogen (secondary N) is 1. The van der Waals surface area contributed by atoms with Crippen LogP contribution in [0, 0.1) is 0 Å². The number of nitrogens with zero attached hydrogens (tertiary/aromatic N) is 2. The van der Waals surface area contributed by atoms with Crippen LogP contribution >= 0.6 is 0 Å². The topological polar surface area (TPSA) is 67.8 Å². The molecular weight excluding hydrogens is 354 g/mol. The largest absolute Gasteiger partial charge is 0.450 e. The Labute approximate surface area is 163 Å². The average Bonchev–Trinajstić information content (AvgIpc) is 3.02. The van der Waals surface area contributed by atoms with Crippen molar-refractivity contribution in [3.8, 4) is 0 Å². The number of hydrogen-bond acceptors (Lipinski definition) is 4. The minimum absolute atomic E-state index is 0.135. The van der Waals surface area contributed by atoms with Crippen LogP contribution in [0.25, 0.3) is 11.0 Å². The van der Waals surface area contributed by atoms with Gasteiger partial charge in [-0.2, -0.15) is 0 Å². The quantitative estimate of drug-likeness (QED) is 0.708. The second-order valence-electron chi connectivity index (χ2n) is 7.06. The minimum Gasteiger partial charge on any atom is -0.450 e. The third kappa shape index (κ3) is 2.99. The number of aromatic nitrogens is 1. The average molecular weight is 378 g/mol. The molecule has 0 saturated carbocycles. The number of benzene rings is 1. The summed E-state index contributed by atoms with van der Waals surface area (Å²) in [5, 5.41) is 0.504. The van der Waals surface area contributed by atoms with E-state index in [0.717, 1.165) is 25.2 Å². The number of amides is 1. The van der Waals surface area contributed by atoms with Crippen molar-refractivity contribution in [2.24, 2.45) is 0 Å². The second kappa shape index (κ2) is 7.56. The first-order chi connectivity index (χ1) is 13.7. The maximum atomic E-state index is 13.3. The highest BCUT2D eigenvalue weighted by atomic mass is 16.3. The van der Waals surface area contributed by atoms with Gasteiger partial charge in [-0.05, 0) is 43.7 Å². The highest BCUT2D eigenvalue weighted by Crippen LogP contribution is 2.37. The van der Waals surface area contributed by atoms with E-state index in [-0.39, 0.29) is 17.1 Å². The Bertz CT molecular complexity index is 1060. The molecule has 1 aliphatic heterocycles. The lowest BCUT2D eigenvalue weighted by Crippen LogP contribution is -3.12. The predicted octanol–water partition coefficient (Wildman–Crippen LogP) is 1.66. The molecule has 1 aromatic carbocycles. The molecule has 1 N–H and O–H groups in total. The van der Waals surface area contributed by atoms with Crippen molar-refractivity contribution in [2.45, 2.75) is 19.9 Å². The predicted molar refractivity (Wildman–Crippen MR) is 107 cm³/mol. The van der Waals surface area contributed by atoms with E-state index in [1.807, 2.05) is 18.2 Å². The van der Waals surface area contributed by atoms with Gasteiger partial charge in [0.15, 0.2) is 5.43 Å². The fraction of sp³-hybridized carbons (Fsp3) is 0.318. The van der Waals surface area contributed by atoms with E-state index < -0.39 is 6.04 Å². The number of para-hydroxylation sites is 1. The third-order valence-corrected chi connectivity index (χ3v) is 5.60. The van der Waals surface area contributed by atoms with Gasteiger partial charge < -0.3 is 14.2 Å². The van der Waals surface area contributed by atoms with Crippen molar-refractivity contribution in [3.05, 3.63) is 75.9 Å². The zero-order valence-electron chi connectivity index (χ0n) is 16.1. The van der Waals surface area contributed by atoms with Gasteiger partial charge in [0.2, 0.25) is 5.76 Å². The number of hydrogen-bond donors (Lipinski definition) is 1. The van der Waals surface area contributed by atoms with E-state index in [4.69, 9.17) is 4.42 Å². The number of rotatable bonds is 6. The third-order valence-electron chi connectivity index (χ3n) is 5.60. The van der Waals surface area contributed by atoms with Crippen LogP contribution in [0.5, 0.6) is 0 Å². The lowest BCUT2D eigenvalue weighted by atomic mass is 9.99. The van der Waals surface area contributed by atoms with Crippen molar-refractivity contribution < 1.29 is 14.1 Å². The Morgan fingerprint density at radius 2 is 1.79 bits per heavy atom. The van der Waals surface area contributed by atoms with Gasteiger partial charge in [-0.15, -0.1) is 0 Å². The molecule has 1 amide bonds. The van der Waals surface area contributed by atoms with Gasteiger partial charge in [-0.1, -0.05) is 12.1 Å². The molecule has 1 atom stereocenters. The lowest BCUT2D eigenvalue weighted by Gasteiger charge is -2.26. The number of carbonyl (C=O) groups excluding carboxylic acids is 1. The maximum absolute atomic E-state index is 13.3. The molecule has 0 fully saturated rings. The molecule has 6 heteroatoms. The first kappa shape index (κ1) is 18.4. The molecule has 3 aromatic rings. The summed E-state index contributed by atoms with van der Waals surface area (Å²) in [5.74, 6) is -0.0497. The number of carbonyl (C=O) groups is 1. The van der Waals surface area contributed by atoms with Gasteiger partial charge in [0.1, 0.15) is 5.58 Å². The number of quaternary nitrogens is 1. The van der Waals surface area contributed by atoms with Crippen molar-refractivity contribution in [1.29, 1.82) is 0 Å². The standard InChI is InChI=1S/C22H23N3O3/c1-3-24(4-2)13-14-25-19(15-9-11-23-12-10-15)18-20(26)16-7-5-6-8-17(16)28-21(18)22(25)27/h5-12,19H,3-4,13-14H2,1-2H3/p+1/t19-/m0/s1. The molecule has 6 nitrogen and oxygen atoms in total.